The number of ether oxygens (including phenoxy) is 2. The van der Waals surface area contributed by atoms with Gasteiger partial charge in [0.2, 0.25) is 11.8 Å². The number of hydrogen-bond donors (Lipinski definition) is 3. The number of carbonyl (C=O) groups is 4. The number of likely N-dealkylation sites (N-methyl/N-ethyl adjacent to an activating group) is 1. The van der Waals surface area contributed by atoms with Crippen LogP contribution >= 0.6 is 0 Å². The number of phenols is 1. The Kier molecular flexibility index (Phi) is 12.5. The lowest BCUT2D eigenvalue weighted by molar-refractivity contribution is -0.159. The van der Waals surface area contributed by atoms with Gasteiger partial charge in [-0.25, -0.2) is 9.59 Å². The number of nitrogens with one attached hydrogen (secondary N) is 2. The first-order valence-corrected chi connectivity index (χ1v) is 15.8. The molecule has 3 amide bonds. The van der Waals surface area contributed by atoms with Gasteiger partial charge in [-0.15, -0.1) is 0 Å². The lowest BCUT2D eigenvalue weighted by Gasteiger charge is -2.33. The van der Waals surface area contributed by atoms with Crippen LogP contribution in [0.1, 0.15) is 69.8 Å². The van der Waals surface area contributed by atoms with Crippen LogP contribution in [0.3, 0.4) is 0 Å². The Balaban J connectivity index is 2.03. The van der Waals surface area contributed by atoms with E-state index in [1.807, 2.05) is 36.4 Å². The Bertz CT molecular complexity index is 1570. The minimum absolute atomic E-state index is 0.0400. The molecule has 3 N–H and O–H groups in total. The zero-order chi connectivity index (χ0) is 35.6. The van der Waals surface area contributed by atoms with Gasteiger partial charge < -0.3 is 30.1 Å². The summed E-state index contributed by atoms with van der Waals surface area (Å²) < 4.78 is 11.1. The van der Waals surface area contributed by atoms with E-state index in [0.29, 0.717) is 16.7 Å². The molecule has 0 aliphatic heterocycles. The lowest BCUT2D eigenvalue weighted by Crippen LogP contribution is -2.54. The Morgan fingerprint density at radius 2 is 1.38 bits per heavy atom. The molecule has 0 spiro atoms. The number of aromatic hydroxyl groups is 1. The van der Waals surface area contributed by atoms with Crippen molar-refractivity contribution in [3.8, 4) is 5.75 Å². The Labute approximate surface area is 283 Å². The maximum Gasteiger partial charge on any atom is 0.408 e. The highest BCUT2D eigenvalue weighted by atomic mass is 16.6. The van der Waals surface area contributed by atoms with Gasteiger partial charge >= 0.3 is 12.1 Å². The Morgan fingerprint density at radius 1 is 0.792 bits per heavy atom. The van der Waals surface area contributed by atoms with Crippen LogP contribution in [0, 0.1) is 0 Å². The topological polar surface area (TPSA) is 134 Å². The van der Waals surface area contributed by atoms with Gasteiger partial charge in [0.15, 0.2) is 0 Å². The SMILES string of the molecule is C=Cc1cccc(C(C(=O)NC(Cc2ccccc2)C(=O)OC(C)(C)C)N(C)C(=O)C(Cc2ccc(O)cc2)NC(=O)OC(C)(C)C)c1. The highest BCUT2D eigenvalue weighted by Crippen LogP contribution is 2.25. The summed E-state index contributed by atoms with van der Waals surface area (Å²) >= 11 is 0. The van der Waals surface area contributed by atoms with Crippen molar-refractivity contribution in [3.63, 3.8) is 0 Å². The molecule has 0 aliphatic carbocycles. The smallest absolute Gasteiger partial charge is 0.408 e. The van der Waals surface area contributed by atoms with E-state index in [0.717, 1.165) is 5.56 Å². The third kappa shape index (κ3) is 11.6. The summed E-state index contributed by atoms with van der Waals surface area (Å²) in [5.41, 5.74) is 0.994. The minimum atomic E-state index is -1.22. The second-order valence-electron chi connectivity index (χ2n) is 13.6. The number of hydrogen-bond acceptors (Lipinski definition) is 7. The highest BCUT2D eigenvalue weighted by molar-refractivity contribution is 5.94. The van der Waals surface area contributed by atoms with Gasteiger partial charge in [-0.05, 0) is 82.0 Å². The maximum absolute atomic E-state index is 14.3. The number of alkyl carbamates (subject to hydrolysis) is 1. The van der Waals surface area contributed by atoms with E-state index in [2.05, 4.69) is 17.2 Å². The van der Waals surface area contributed by atoms with Gasteiger partial charge in [0.1, 0.15) is 35.1 Å². The molecule has 3 aromatic carbocycles. The second-order valence-corrected chi connectivity index (χ2v) is 13.6. The van der Waals surface area contributed by atoms with Crippen molar-refractivity contribution in [1.82, 2.24) is 15.5 Å². The van der Waals surface area contributed by atoms with Gasteiger partial charge in [0.25, 0.3) is 0 Å². The molecule has 256 valence electrons. The summed E-state index contributed by atoms with van der Waals surface area (Å²) in [6.07, 6.45) is 1.01. The quantitative estimate of drug-likeness (QED) is 0.212. The summed E-state index contributed by atoms with van der Waals surface area (Å²) in [5, 5.41) is 15.3. The molecule has 48 heavy (non-hydrogen) atoms. The van der Waals surface area contributed by atoms with Crippen LogP contribution in [0.15, 0.2) is 85.4 Å². The summed E-state index contributed by atoms with van der Waals surface area (Å²) in [6.45, 7) is 14.2. The average molecular weight is 658 g/mol. The maximum atomic E-state index is 14.3. The van der Waals surface area contributed by atoms with Crippen molar-refractivity contribution in [2.75, 3.05) is 7.05 Å². The molecule has 0 saturated heterocycles. The van der Waals surface area contributed by atoms with Gasteiger partial charge in [-0.1, -0.05) is 73.3 Å². The van der Waals surface area contributed by atoms with Crippen molar-refractivity contribution in [3.05, 3.63) is 108 Å². The van der Waals surface area contributed by atoms with Gasteiger partial charge in [0.05, 0.1) is 0 Å². The number of carbonyl (C=O) groups excluding carboxylic acids is 4. The lowest BCUT2D eigenvalue weighted by atomic mass is 9.98. The van der Waals surface area contributed by atoms with E-state index in [-0.39, 0.29) is 18.6 Å². The number of esters is 1. The van der Waals surface area contributed by atoms with E-state index in [4.69, 9.17) is 9.47 Å². The molecule has 10 nitrogen and oxygen atoms in total. The van der Waals surface area contributed by atoms with E-state index in [1.54, 1.807) is 78.0 Å². The molecular weight excluding hydrogens is 610 g/mol. The van der Waals surface area contributed by atoms with Gasteiger partial charge in [0, 0.05) is 19.9 Å². The summed E-state index contributed by atoms with van der Waals surface area (Å²) in [7, 11) is 1.47. The van der Waals surface area contributed by atoms with E-state index < -0.39 is 53.2 Å². The first-order chi connectivity index (χ1) is 22.5. The van der Waals surface area contributed by atoms with Crippen molar-refractivity contribution in [1.29, 1.82) is 0 Å². The monoisotopic (exact) mass is 657 g/mol. The molecule has 0 radical (unpaired) electrons. The van der Waals surface area contributed by atoms with E-state index >= 15 is 0 Å². The minimum Gasteiger partial charge on any atom is -0.508 e. The van der Waals surface area contributed by atoms with Crippen molar-refractivity contribution < 1.29 is 33.8 Å². The van der Waals surface area contributed by atoms with Crippen LogP contribution in [-0.4, -0.2) is 64.2 Å². The number of phenolic OH excluding ortho intramolecular Hbond substituents is 1. The molecule has 0 bridgehead atoms. The normalized spacial score (nSPS) is 13.3. The van der Waals surface area contributed by atoms with E-state index in [1.165, 1.54) is 24.1 Å². The zero-order valence-corrected chi connectivity index (χ0v) is 28.8. The Morgan fingerprint density at radius 3 is 1.96 bits per heavy atom. The molecule has 10 heteroatoms. The summed E-state index contributed by atoms with van der Waals surface area (Å²) in [5.74, 6) is -1.79. The molecule has 0 saturated carbocycles. The first-order valence-electron chi connectivity index (χ1n) is 15.8. The Hall–Kier alpha value is -5.12. The fourth-order valence-corrected chi connectivity index (χ4v) is 4.96. The number of nitrogens with zero attached hydrogens (tertiary/aromatic N) is 1. The summed E-state index contributed by atoms with van der Waals surface area (Å²) in [6, 6.07) is 19.0. The molecule has 3 aromatic rings. The van der Waals surface area contributed by atoms with Gasteiger partial charge in [-0.3, -0.25) is 9.59 Å². The van der Waals surface area contributed by atoms with Crippen molar-refractivity contribution in [2.24, 2.45) is 0 Å². The van der Waals surface area contributed by atoms with E-state index in [9.17, 15) is 24.3 Å². The first kappa shape index (κ1) is 37.3. The third-order valence-corrected chi connectivity index (χ3v) is 7.10. The molecule has 3 rings (SSSR count). The molecule has 0 fully saturated rings. The molecule has 0 aromatic heterocycles. The van der Waals surface area contributed by atoms with Crippen LogP contribution in [-0.2, 0) is 36.7 Å². The summed E-state index contributed by atoms with van der Waals surface area (Å²) in [4.78, 5) is 56.2. The second kappa shape index (κ2) is 16.1. The largest absolute Gasteiger partial charge is 0.508 e. The van der Waals surface area contributed by atoms with Crippen LogP contribution in [0.4, 0.5) is 4.79 Å². The standard InChI is InChI=1S/C38H47N3O7/c1-9-25-16-13-17-28(22-25)32(33(43)39-31(35(45)47-37(2,3)4)24-26-14-11-10-12-15-26)41(8)34(44)30(40-36(46)48-38(5,6)7)23-27-18-20-29(42)21-19-27/h9-22,30-32,42H,1,23-24H2,2-8H3,(H,39,43)(H,40,46). The highest BCUT2D eigenvalue weighted by Gasteiger charge is 2.37. The van der Waals surface area contributed by atoms with Crippen molar-refractivity contribution >= 4 is 30.0 Å². The third-order valence-electron chi connectivity index (χ3n) is 7.10. The molecular formula is C38H47N3O7. The molecule has 0 heterocycles. The predicted molar refractivity (Wildman–Crippen MR) is 185 cm³/mol. The fraction of sp³-hybridized carbons (Fsp3) is 0.368. The van der Waals surface area contributed by atoms with Gasteiger partial charge in [-0.2, -0.15) is 0 Å². The van der Waals surface area contributed by atoms with Crippen LogP contribution in [0.2, 0.25) is 0 Å². The van der Waals surface area contributed by atoms with Crippen molar-refractivity contribution in [2.45, 2.75) is 83.7 Å². The van der Waals surface area contributed by atoms with Crippen LogP contribution in [0.25, 0.3) is 6.08 Å². The number of rotatable bonds is 12. The van der Waals surface area contributed by atoms with Crippen LogP contribution in [0.5, 0.6) is 5.75 Å². The van der Waals surface area contributed by atoms with Crippen LogP contribution < -0.4 is 10.6 Å². The molecule has 3 unspecified atom stereocenters. The average Bonchev–Trinajstić information content (AvgIpc) is 3.00. The number of amides is 3. The zero-order valence-electron chi connectivity index (χ0n) is 28.8. The number of benzene rings is 3. The molecule has 0 aliphatic rings. The molecule has 3 atom stereocenters. The fourth-order valence-electron chi connectivity index (χ4n) is 4.96. The predicted octanol–water partition coefficient (Wildman–Crippen LogP) is 5.74.